The fourth-order valence-electron chi connectivity index (χ4n) is 1.05. The third-order valence-corrected chi connectivity index (χ3v) is 1.81. The summed E-state index contributed by atoms with van der Waals surface area (Å²) < 4.78 is 12.7. The average molecular weight is 185 g/mol. The lowest BCUT2D eigenvalue weighted by molar-refractivity contribution is 0.149. The van der Waals surface area contributed by atoms with Gasteiger partial charge in [0.05, 0.1) is 6.10 Å². The Labute approximate surface area is 75.6 Å². The van der Waals surface area contributed by atoms with E-state index >= 15 is 0 Å². The van der Waals surface area contributed by atoms with Gasteiger partial charge in [0.15, 0.2) is 0 Å². The lowest BCUT2D eigenvalue weighted by Crippen LogP contribution is -2.24. The minimum atomic E-state index is -1.05. The smallest absolute Gasteiger partial charge is 0.123 e. The third kappa shape index (κ3) is 2.17. The Kier molecular flexibility index (Phi) is 2.85. The molecule has 3 nitrogen and oxygen atoms in total. The molecule has 4 heteroatoms. The molecule has 0 aromatic heterocycles. The van der Waals surface area contributed by atoms with Gasteiger partial charge in [0.25, 0.3) is 0 Å². The number of halogens is 1. The molecule has 1 rings (SSSR count). The molecule has 0 aliphatic heterocycles. The van der Waals surface area contributed by atoms with Gasteiger partial charge in [0, 0.05) is 11.6 Å². The highest BCUT2D eigenvalue weighted by atomic mass is 19.1. The predicted molar refractivity (Wildman–Crippen MR) is 46.7 cm³/mol. The Morgan fingerprint density at radius 1 is 1.46 bits per heavy atom. The van der Waals surface area contributed by atoms with E-state index in [0.717, 1.165) is 12.1 Å². The van der Waals surface area contributed by atoms with Crippen LogP contribution in [0, 0.1) is 5.82 Å². The van der Waals surface area contributed by atoms with Crippen molar-refractivity contribution in [2.45, 2.75) is 19.1 Å². The number of aliphatic hydroxyl groups is 1. The van der Waals surface area contributed by atoms with Gasteiger partial charge < -0.3 is 15.9 Å². The molecule has 13 heavy (non-hydrogen) atoms. The van der Waals surface area contributed by atoms with Crippen LogP contribution in [0.1, 0.15) is 18.6 Å². The number of hydrogen-bond donors (Lipinski definition) is 3. The second-order valence-electron chi connectivity index (χ2n) is 3.01. The van der Waals surface area contributed by atoms with E-state index in [-0.39, 0.29) is 11.3 Å². The largest absolute Gasteiger partial charge is 0.508 e. The topological polar surface area (TPSA) is 66.5 Å². The molecule has 0 aliphatic carbocycles. The number of rotatable bonds is 2. The van der Waals surface area contributed by atoms with E-state index in [2.05, 4.69) is 0 Å². The van der Waals surface area contributed by atoms with Gasteiger partial charge in [-0.15, -0.1) is 0 Å². The Bertz CT molecular complexity index is 302. The van der Waals surface area contributed by atoms with Crippen LogP contribution in [-0.4, -0.2) is 16.3 Å². The lowest BCUT2D eigenvalue weighted by atomic mass is 10.0. The summed E-state index contributed by atoms with van der Waals surface area (Å²) in [6, 6.07) is 2.83. The van der Waals surface area contributed by atoms with Gasteiger partial charge in [-0.25, -0.2) is 4.39 Å². The second-order valence-corrected chi connectivity index (χ2v) is 3.01. The van der Waals surface area contributed by atoms with Crippen LogP contribution in [-0.2, 0) is 0 Å². The quantitative estimate of drug-likeness (QED) is 0.641. The van der Waals surface area contributed by atoms with Crippen molar-refractivity contribution >= 4 is 0 Å². The monoisotopic (exact) mass is 185 g/mol. The molecule has 0 fully saturated rings. The molecule has 0 bridgehead atoms. The zero-order valence-corrected chi connectivity index (χ0v) is 7.24. The summed E-state index contributed by atoms with van der Waals surface area (Å²) >= 11 is 0. The molecule has 72 valence electrons. The van der Waals surface area contributed by atoms with Gasteiger partial charge >= 0.3 is 0 Å². The van der Waals surface area contributed by atoms with Gasteiger partial charge in [0.2, 0.25) is 0 Å². The Balaban J connectivity index is 3.05. The molecule has 4 N–H and O–H groups in total. The standard InChI is InChI=1S/C9H12FNO2/c1-5(11)9(13)7-4-6(10)2-3-8(7)12/h2-5,9,12-13H,11H2,1H3. The van der Waals surface area contributed by atoms with Crippen molar-refractivity contribution in [3.8, 4) is 5.75 Å². The maximum atomic E-state index is 12.7. The summed E-state index contributed by atoms with van der Waals surface area (Å²) in [7, 11) is 0. The van der Waals surface area contributed by atoms with Crippen LogP contribution in [0.4, 0.5) is 4.39 Å². The van der Waals surface area contributed by atoms with Crippen molar-refractivity contribution in [1.82, 2.24) is 0 Å². The van der Waals surface area contributed by atoms with Crippen LogP contribution >= 0.6 is 0 Å². The fourth-order valence-corrected chi connectivity index (χ4v) is 1.05. The van der Waals surface area contributed by atoms with Gasteiger partial charge in [-0.2, -0.15) is 0 Å². The van der Waals surface area contributed by atoms with Gasteiger partial charge in [-0.05, 0) is 25.1 Å². The molecule has 0 spiro atoms. The molecule has 0 amide bonds. The maximum absolute atomic E-state index is 12.7. The predicted octanol–water partition coefficient (Wildman–Crippen LogP) is 0.912. The number of hydrogen-bond acceptors (Lipinski definition) is 3. The molecule has 0 aliphatic rings. The zero-order valence-electron chi connectivity index (χ0n) is 7.24. The van der Waals surface area contributed by atoms with E-state index in [1.165, 1.54) is 6.07 Å². The third-order valence-electron chi connectivity index (χ3n) is 1.81. The normalized spacial score (nSPS) is 15.4. The fraction of sp³-hybridized carbons (Fsp3) is 0.333. The van der Waals surface area contributed by atoms with Crippen LogP contribution < -0.4 is 5.73 Å². The van der Waals surface area contributed by atoms with Crippen LogP contribution in [0.15, 0.2) is 18.2 Å². The van der Waals surface area contributed by atoms with Crippen molar-refractivity contribution < 1.29 is 14.6 Å². The molecule has 0 heterocycles. The highest BCUT2D eigenvalue weighted by molar-refractivity contribution is 5.34. The molecule has 1 aromatic carbocycles. The van der Waals surface area contributed by atoms with Crippen molar-refractivity contribution in [2.24, 2.45) is 5.73 Å². The lowest BCUT2D eigenvalue weighted by Gasteiger charge is -2.15. The zero-order chi connectivity index (χ0) is 10.0. The molecule has 0 radical (unpaired) electrons. The van der Waals surface area contributed by atoms with Crippen LogP contribution in [0.3, 0.4) is 0 Å². The van der Waals surface area contributed by atoms with Crippen molar-refractivity contribution in [3.63, 3.8) is 0 Å². The molecule has 0 saturated carbocycles. The summed E-state index contributed by atoms with van der Waals surface area (Å²) in [4.78, 5) is 0. The highest BCUT2D eigenvalue weighted by Crippen LogP contribution is 2.26. The summed E-state index contributed by atoms with van der Waals surface area (Å²) in [5, 5.41) is 18.7. The molecule has 2 unspecified atom stereocenters. The van der Waals surface area contributed by atoms with E-state index in [0.29, 0.717) is 0 Å². The van der Waals surface area contributed by atoms with Crippen molar-refractivity contribution in [3.05, 3.63) is 29.6 Å². The van der Waals surface area contributed by atoms with Crippen LogP contribution in [0.5, 0.6) is 5.75 Å². The Hall–Kier alpha value is -1.13. The summed E-state index contributed by atoms with van der Waals surface area (Å²) in [5.41, 5.74) is 5.52. The van der Waals surface area contributed by atoms with E-state index in [4.69, 9.17) is 5.73 Å². The van der Waals surface area contributed by atoms with Crippen LogP contribution in [0.25, 0.3) is 0 Å². The molecule has 1 aromatic rings. The summed E-state index contributed by atoms with van der Waals surface area (Å²) in [6.45, 7) is 1.58. The van der Waals surface area contributed by atoms with E-state index in [1.54, 1.807) is 6.92 Å². The first-order valence-electron chi connectivity index (χ1n) is 3.94. The van der Waals surface area contributed by atoms with Crippen molar-refractivity contribution in [2.75, 3.05) is 0 Å². The van der Waals surface area contributed by atoms with Gasteiger partial charge in [-0.1, -0.05) is 0 Å². The van der Waals surface area contributed by atoms with E-state index in [1.807, 2.05) is 0 Å². The molecular weight excluding hydrogens is 173 g/mol. The molecule has 0 saturated heterocycles. The van der Waals surface area contributed by atoms with Crippen molar-refractivity contribution in [1.29, 1.82) is 0 Å². The highest BCUT2D eigenvalue weighted by Gasteiger charge is 2.16. The second kappa shape index (κ2) is 3.72. The summed E-state index contributed by atoms with van der Waals surface area (Å²) in [5.74, 6) is -0.654. The summed E-state index contributed by atoms with van der Waals surface area (Å²) in [6.07, 6.45) is -1.05. The minimum absolute atomic E-state index is 0.120. The van der Waals surface area contributed by atoms with E-state index < -0.39 is 18.0 Å². The first kappa shape index (κ1) is 9.95. The molecule has 2 atom stereocenters. The van der Waals surface area contributed by atoms with Gasteiger partial charge in [-0.3, -0.25) is 0 Å². The Morgan fingerprint density at radius 3 is 2.62 bits per heavy atom. The number of benzene rings is 1. The molecular formula is C9H12FNO2. The average Bonchev–Trinajstić information content (AvgIpc) is 2.08. The number of aromatic hydroxyl groups is 1. The SMILES string of the molecule is CC(N)C(O)c1cc(F)ccc1O. The first-order chi connectivity index (χ1) is 6.02. The maximum Gasteiger partial charge on any atom is 0.123 e. The number of phenolic OH excluding ortho intramolecular Hbond substituents is 1. The minimum Gasteiger partial charge on any atom is -0.508 e. The van der Waals surface area contributed by atoms with E-state index in [9.17, 15) is 14.6 Å². The number of aliphatic hydroxyl groups excluding tert-OH is 1. The Morgan fingerprint density at radius 2 is 2.08 bits per heavy atom. The number of nitrogens with two attached hydrogens (primary N) is 1. The van der Waals surface area contributed by atoms with Gasteiger partial charge in [0.1, 0.15) is 11.6 Å². The van der Waals surface area contributed by atoms with Crippen LogP contribution in [0.2, 0.25) is 0 Å². The first-order valence-corrected chi connectivity index (χ1v) is 3.94. The number of phenols is 1.